The lowest BCUT2D eigenvalue weighted by Crippen LogP contribution is -2.42. The largest absolute Gasteiger partial charge is 0.395 e. The molecule has 2 N–H and O–H groups in total. The quantitative estimate of drug-likeness (QED) is 0.786. The zero-order chi connectivity index (χ0) is 14.4. The van der Waals surface area contributed by atoms with E-state index >= 15 is 0 Å². The van der Waals surface area contributed by atoms with Gasteiger partial charge in [0.05, 0.1) is 6.61 Å². The molecule has 0 aliphatic heterocycles. The van der Waals surface area contributed by atoms with Gasteiger partial charge in [0.15, 0.2) is 0 Å². The highest BCUT2D eigenvalue weighted by Gasteiger charge is 2.25. The number of aliphatic hydroxyl groups excluding tert-OH is 1. The Hall–Kier alpha value is -1.43. The van der Waals surface area contributed by atoms with Crippen molar-refractivity contribution in [2.45, 2.75) is 52.5 Å². The van der Waals surface area contributed by atoms with Gasteiger partial charge < -0.3 is 10.0 Å². The van der Waals surface area contributed by atoms with Crippen molar-refractivity contribution in [2.75, 3.05) is 13.2 Å². The monoisotopic (exact) mass is 268 g/mol. The van der Waals surface area contributed by atoms with Gasteiger partial charge in [-0.1, -0.05) is 27.7 Å². The molecule has 0 saturated carbocycles. The first-order valence-corrected chi connectivity index (χ1v) is 6.89. The van der Waals surface area contributed by atoms with E-state index in [9.17, 15) is 4.79 Å². The standard InChI is InChI=1S/C13H24N4O2/c1-5-10(6-2)17(7-8-18)13(19)12-14-11(9(3)4)15-16-12/h9-10,18H,5-8H2,1-4H3,(H,14,15,16). The zero-order valence-corrected chi connectivity index (χ0v) is 12.2. The number of nitrogens with zero attached hydrogens (tertiary/aromatic N) is 3. The Kier molecular flexibility index (Phi) is 5.95. The van der Waals surface area contributed by atoms with Crippen LogP contribution >= 0.6 is 0 Å². The number of aromatic nitrogens is 3. The third-order valence-corrected chi connectivity index (χ3v) is 3.23. The molecule has 0 radical (unpaired) electrons. The predicted octanol–water partition coefficient (Wildman–Crippen LogP) is 1.55. The van der Waals surface area contributed by atoms with Gasteiger partial charge in [-0.2, -0.15) is 0 Å². The van der Waals surface area contributed by atoms with Crippen LogP contribution in [0.4, 0.5) is 0 Å². The molecule has 0 atom stereocenters. The van der Waals surface area contributed by atoms with Gasteiger partial charge in [0.1, 0.15) is 5.82 Å². The molecule has 1 rings (SSSR count). The summed E-state index contributed by atoms with van der Waals surface area (Å²) in [6.07, 6.45) is 1.70. The highest BCUT2D eigenvalue weighted by molar-refractivity contribution is 5.90. The molecule has 0 unspecified atom stereocenters. The maximum absolute atomic E-state index is 12.4. The highest BCUT2D eigenvalue weighted by atomic mass is 16.3. The Morgan fingerprint density at radius 3 is 2.42 bits per heavy atom. The second kappa shape index (κ2) is 7.23. The second-order valence-electron chi connectivity index (χ2n) is 4.89. The molecule has 1 amide bonds. The van der Waals surface area contributed by atoms with Gasteiger partial charge >= 0.3 is 0 Å². The van der Waals surface area contributed by atoms with Crippen molar-refractivity contribution in [2.24, 2.45) is 0 Å². The van der Waals surface area contributed by atoms with E-state index in [1.54, 1.807) is 4.90 Å². The molecule has 19 heavy (non-hydrogen) atoms. The van der Waals surface area contributed by atoms with Gasteiger partial charge in [0.25, 0.3) is 5.91 Å². The number of hydrogen-bond acceptors (Lipinski definition) is 4. The molecule has 0 bridgehead atoms. The minimum absolute atomic E-state index is 0.0519. The summed E-state index contributed by atoms with van der Waals surface area (Å²) in [5.74, 6) is 0.875. The van der Waals surface area contributed by atoms with E-state index in [2.05, 4.69) is 15.2 Å². The van der Waals surface area contributed by atoms with Gasteiger partial charge in [-0.25, -0.2) is 4.98 Å². The van der Waals surface area contributed by atoms with Crippen molar-refractivity contribution >= 4 is 5.91 Å². The van der Waals surface area contributed by atoms with Crippen molar-refractivity contribution in [1.29, 1.82) is 0 Å². The molecular weight excluding hydrogens is 244 g/mol. The van der Waals surface area contributed by atoms with Gasteiger partial charge in [0.2, 0.25) is 5.82 Å². The van der Waals surface area contributed by atoms with E-state index in [4.69, 9.17) is 5.11 Å². The van der Waals surface area contributed by atoms with E-state index < -0.39 is 0 Å². The number of aliphatic hydroxyl groups is 1. The number of H-pyrrole nitrogens is 1. The maximum Gasteiger partial charge on any atom is 0.293 e. The van der Waals surface area contributed by atoms with E-state index in [1.807, 2.05) is 27.7 Å². The number of hydrogen-bond donors (Lipinski definition) is 2. The lowest BCUT2D eigenvalue weighted by atomic mass is 10.1. The van der Waals surface area contributed by atoms with E-state index in [1.165, 1.54) is 0 Å². The summed E-state index contributed by atoms with van der Waals surface area (Å²) >= 11 is 0. The van der Waals surface area contributed by atoms with Crippen molar-refractivity contribution in [3.8, 4) is 0 Å². The first kappa shape index (κ1) is 15.6. The number of aromatic amines is 1. The fourth-order valence-corrected chi connectivity index (χ4v) is 2.04. The Morgan fingerprint density at radius 1 is 1.37 bits per heavy atom. The number of carbonyl (C=O) groups is 1. The van der Waals surface area contributed by atoms with E-state index in [0.717, 1.165) is 12.8 Å². The Balaban J connectivity index is 2.91. The summed E-state index contributed by atoms with van der Waals surface area (Å²) in [7, 11) is 0. The summed E-state index contributed by atoms with van der Waals surface area (Å²) in [6.45, 7) is 8.30. The van der Waals surface area contributed by atoms with Crippen LogP contribution in [-0.4, -0.2) is 50.3 Å². The summed E-state index contributed by atoms with van der Waals surface area (Å²) < 4.78 is 0. The third-order valence-electron chi connectivity index (χ3n) is 3.23. The molecule has 0 fully saturated rings. The van der Waals surface area contributed by atoms with Crippen LogP contribution in [-0.2, 0) is 0 Å². The normalized spacial score (nSPS) is 11.3. The topological polar surface area (TPSA) is 82.1 Å². The van der Waals surface area contributed by atoms with Crippen LogP contribution in [0, 0.1) is 0 Å². The number of amides is 1. The summed E-state index contributed by atoms with van der Waals surface area (Å²) in [5, 5.41) is 15.9. The SMILES string of the molecule is CCC(CC)N(CCO)C(=O)c1n[nH]c(C(C)C)n1. The molecule has 0 aliphatic rings. The molecular formula is C13H24N4O2. The van der Waals surface area contributed by atoms with Crippen LogP contribution in [0.5, 0.6) is 0 Å². The Morgan fingerprint density at radius 2 is 2.00 bits per heavy atom. The van der Waals surface area contributed by atoms with Crippen LogP contribution < -0.4 is 0 Å². The van der Waals surface area contributed by atoms with Crippen LogP contribution in [0.1, 0.15) is 62.9 Å². The molecule has 0 aliphatic carbocycles. The zero-order valence-electron chi connectivity index (χ0n) is 12.2. The first-order chi connectivity index (χ1) is 9.04. The minimum atomic E-state index is -0.217. The number of rotatable bonds is 7. The average molecular weight is 268 g/mol. The second-order valence-corrected chi connectivity index (χ2v) is 4.89. The third kappa shape index (κ3) is 3.76. The smallest absolute Gasteiger partial charge is 0.293 e. The van der Waals surface area contributed by atoms with Crippen LogP contribution in [0.25, 0.3) is 0 Å². The van der Waals surface area contributed by atoms with Crippen LogP contribution in [0.15, 0.2) is 0 Å². The molecule has 0 saturated heterocycles. The van der Waals surface area contributed by atoms with Gasteiger partial charge in [0, 0.05) is 18.5 Å². The lowest BCUT2D eigenvalue weighted by Gasteiger charge is -2.28. The van der Waals surface area contributed by atoms with Crippen molar-refractivity contribution in [1.82, 2.24) is 20.1 Å². The fourth-order valence-electron chi connectivity index (χ4n) is 2.04. The van der Waals surface area contributed by atoms with Gasteiger partial charge in [-0.3, -0.25) is 9.89 Å². The van der Waals surface area contributed by atoms with Crippen molar-refractivity contribution in [3.63, 3.8) is 0 Å². The van der Waals surface area contributed by atoms with Crippen LogP contribution in [0.3, 0.4) is 0 Å². The molecule has 1 aromatic rings. The maximum atomic E-state index is 12.4. The summed E-state index contributed by atoms with van der Waals surface area (Å²) in [6, 6.07) is 0.112. The number of carbonyl (C=O) groups excluding carboxylic acids is 1. The van der Waals surface area contributed by atoms with Crippen LogP contribution in [0.2, 0.25) is 0 Å². The predicted molar refractivity (Wildman–Crippen MR) is 73.0 cm³/mol. The molecule has 1 aromatic heterocycles. The lowest BCUT2D eigenvalue weighted by molar-refractivity contribution is 0.0610. The molecule has 1 heterocycles. The molecule has 6 nitrogen and oxygen atoms in total. The van der Waals surface area contributed by atoms with Crippen molar-refractivity contribution < 1.29 is 9.90 Å². The Labute approximate surface area is 114 Å². The molecule has 6 heteroatoms. The molecule has 0 spiro atoms. The fraction of sp³-hybridized carbons (Fsp3) is 0.769. The Bertz CT molecular complexity index is 399. The average Bonchev–Trinajstić information content (AvgIpc) is 2.88. The summed E-state index contributed by atoms with van der Waals surface area (Å²) in [5.41, 5.74) is 0. The highest BCUT2D eigenvalue weighted by Crippen LogP contribution is 2.13. The van der Waals surface area contributed by atoms with E-state index in [-0.39, 0.29) is 30.3 Å². The van der Waals surface area contributed by atoms with Crippen molar-refractivity contribution in [3.05, 3.63) is 11.6 Å². The van der Waals surface area contributed by atoms with E-state index in [0.29, 0.717) is 12.4 Å². The van der Waals surface area contributed by atoms with Gasteiger partial charge in [-0.15, -0.1) is 5.10 Å². The first-order valence-electron chi connectivity index (χ1n) is 6.89. The summed E-state index contributed by atoms with van der Waals surface area (Å²) in [4.78, 5) is 18.3. The molecule has 0 aromatic carbocycles. The number of nitrogens with one attached hydrogen (secondary N) is 1. The minimum Gasteiger partial charge on any atom is -0.395 e. The van der Waals surface area contributed by atoms with Gasteiger partial charge in [-0.05, 0) is 12.8 Å². The molecule has 108 valence electrons.